The van der Waals surface area contributed by atoms with Gasteiger partial charge in [-0.25, -0.2) is 4.79 Å². The molecule has 0 heterocycles. The molecule has 1 aromatic carbocycles. The highest BCUT2D eigenvalue weighted by Gasteiger charge is 2.06. The third-order valence-corrected chi connectivity index (χ3v) is 2.47. The molecule has 0 bridgehead atoms. The molecule has 0 radical (unpaired) electrons. The molecule has 1 unspecified atom stereocenters. The van der Waals surface area contributed by atoms with Crippen molar-refractivity contribution in [1.82, 2.24) is 5.32 Å². The van der Waals surface area contributed by atoms with E-state index < -0.39 is 6.23 Å². The molecular formula is C13H20N2O3. The largest absolute Gasteiger partial charge is 0.462 e. The lowest BCUT2D eigenvalue weighted by atomic mass is 10.2. The number of anilines is 1. The molecule has 0 spiro atoms. The van der Waals surface area contributed by atoms with Crippen LogP contribution in [-0.4, -0.2) is 30.5 Å². The van der Waals surface area contributed by atoms with E-state index in [1.807, 2.05) is 6.92 Å². The Balaban J connectivity index is 2.19. The van der Waals surface area contributed by atoms with Crippen LogP contribution in [0.5, 0.6) is 0 Å². The van der Waals surface area contributed by atoms with Crippen LogP contribution in [0.3, 0.4) is 0 Å². The summed E-state index contributed by atoms with van der Waals surface area (Å²) in [6.45, 7) is 2.83. The van der Waals surface area contributed by atoms with Crippen LogP contribution in [0.1, 0.15) is 30.1 Å². The zero-order chi connectivity index (χ0) is 13.4. The van der Waals surface area contributed by atoms with Gasteiger partial charge in [0.2, 0.25) is 0 Å². The standard InChI is InChI=1S/C13H20N2O3/c1-2-12(16)15-8-3-9-18-13(17)10-4-6-11(14)7-5-10/h4-7,12,15-16H,2-3,8-9,14H2,1H3. The second-order valence-electron chi connectivity index (χ2n) is 3.99. The summed E-state index contributed by atoms with van der Waals surface area (Å²) in [5.41, 5.74) is 6.63. The van der Waals surface area contributed by atoms with Crippen molar-refractivity contribution in [3.05, 3.63) is 29.8 Å². The van der Waals surface area contributed by atoms with Gasteiger partial charge in [0.25, 0.3) is 0 Å². The molecule has 100 valence electrons. The van der Waals surface area contributed by atoms with Gasteiger partial charge in [0, 0.05) is 12.2 Å². The molecule has 0 aromatic heterocycles. The van der Waals surface area contributed by atoms with Gasteiger partial charge in [-0.1, -0.05) is 6.92 Å². The third-order valence-electron chi connectivity index (χ3n) is 2.47. The van der Waals surface area contributed by atoms with Gasteiger partial charge in [-0.3, -0.25) is 5.32 Å². The Labute approximate surface area is 107 Å². The van der Waals surface area contributed by atoms with Crippen molar-refractivity contribution in [3.8, 4) is 0 Å². The van der Waals surface area contributed by atoms with E-state index in [1.54, 1.807) is 24.3 Å². The summed E-state index contributed by atoms with van der Waals surface area (Å²) in [4.78, 5) is 11.6. The summed E-state index contributed by atoms with van der Waals surface area (Å²) in [6, 6.07) is 6.60. The average molecular weight is 252 g/mol. The van der Waals surface area contributed by atoms with E-state index in [4.69, 9.17) is 10.5 Å². The fourth-order valence-corrected chi connectivity index (χ4v) is 1.35. The molecule has 0 aliphatic heterocycles. The molecule has 0 saturated heterocycles. The second-order valence-corrected chi connectivity index (χ2v) is 3.99. The second kappa shape index (κ2) is 7.68. The summed E-state index contributed by atoms with van der Waals surface area (Å²) in [5.74, 6) is -0.356. The Morgan fingerprint density at radius 1 is 1.44 bits per heavy atom. The van der Waals surface area contributed by atoms with Crippen LogP contribution < -0.4 is 11.1 Å². The highest BCUT2D eigenvalue weighted by molar-refractivity contribution is 5.89. The summed E-state index contributed by atoms with van der Waals surface area (Å²) < 4.78 is 5.08. The Morgan fingerprint density at radius 3 is 2.72 bits per heavy atom. The first kappa shape index (κ1) is 14.5. The van der Waals surface area contributed by atoms with Crippen LogP contribution in [0.25, 0.3) is 0 Å². The molecule has 0 aliphatic rings. The smallest absolute Gasteiger partial charge is 0.338 e. The number of nitrogens with two attached hydrogens (primary N) is 1. The Morgan fingerprint density at radius 2 is 2.11 bits per heavy atom. The van der Waals surface area contributed by atoms with Gasteiger partial charge in [-0.05, 0) is 37.1 Å². The molecule has 5 nitrogen and oxygen atoms in total. The SMILES string of the molecule is CCC(O)NCCCOC(=O)c1ccc(N)cc1. The van der Waals surface area contributed by atoms with Gasteiger partial charge in [0.05, 0.1) is 12.2 Å². The molecule has 1 aromatic rings. The molecule has 0 aliphatic carbocycles. The van der Waals surface area contributed by atoms with E-state index in [2.05, 4.69) is 5.32 Å². The molecule has 0 fully saturated rings. The zero-order valence-corrected chi connectivity index (χ0v) is 10.6. The first-order valence-electron chi connectivity index (χ1n) is 6.07. The maximum absolute atomic E-state index is 11.6. The molecule has 5 heteroatoms. The maximum Gasteiger partial charge on any atom is 0.338 e. The Bertz CT molecular complexity index is 365. The molecule has 18 heavy (non-hydrogen) atoms. The van der Waals surface area contributed by atoms with E-state index in [-0.39, 0.29) is 5.97 Å². The molecule has 4 N–H and O–H groups in total. The number of carbonyl (C=O) groups is 1. The minimum absolute atomic E-state index is 0.326. The van der Waals surface area contributed by atoms with E-state index in [1.165, 1.54) is 0 Å². The number of esters is 1. The number of aliphatic hydroxyl groups excluding tert-OH is 1. The number of hydrogen-bond acceptors (Lipinski definition) is 5. The molecule has 0 saturated carbocycles. The fourth-order valence-electron chi connectivity index (χ4n) is 1.35. The number of rotatable bonds is 7. The van der Waals surface area contributed by atoms with Crippen LogP contribution >= 0.6 is 0 Å². The topological polar surface area (TPSA) is 84.6 Å². The Kier molecular flexibility index (Phi) is 6.18. The van der Waals surface area contributed by atoms with Crippen molar-refractivity contribution >= 4 is 11.7 Å². The highest BCUT2D eigenvalue weighted by atomic mass is 16.5. The van der Waals surface area contributed by atoms with Gasteiger partial charge < -0.3 is 15.6 Å². The third kappa shape index (κ3) is 5.16. The van der Waals surface area contributed by atoms with Crippen LogP contribution in [0, 0.1) is 0 Å². The van der Waals surface area contributed by atoms with Gasteiger partial charge in [-0.2, -0.15) is 0 Å². The van der Waals surface area contributed by atoms with Gasteiger partial charge >= 0.3 is 5.97 Å². The summed E-state index contributed by atoms with van der Waals surface area (Å²) in [5, 5.41) is 12.1. The monoisotopic (exact) mass is 252 g/mol. The van der Waals surface area contributed by atoms with Crippen molar-refractivity contribution in [1.29, 1.82) is 0 Å². The minimum atomic E-state index is -0.488. The number of carbonyl (C=O) groups excluding carboxylic acids is 1. The molecule has 1 atom stereocenters. The predicted molar refractivity (Wildman–Crippen MR) is 70.1 cm³/mol. The highest BCUT2D eigenvalue weighted by Crippen LogP contribution is 2.06. The van der Waals surface area contributed by atoms with Gasteiger partial charge in [0.15, 0.2) is 0 Å². The number of ether oxygens (including phenoxy) is 1. The number of benzene rings is 1. The predicted octanol–water partition coefficient (Wildman–Crippen LogP) is 1.13. The summed E-state index contributed by atoms with van der Waals surface area (Å²) >= 11 is 0. The van der Waals surface area contributed by atoms with Crippen molar-refractivity contribution < 1.29 is 14.6 Å². The summed E-state index contributed by atoms with van der Waals surface area (Å²) in [7, 11) is 0. The summed E-state index contributed by atoms with van der Waals surface area (Å²) in [6.07, 6.45) is 0.834. The Hall–Kier alpha value is -1.59. The maximum atomic E-state index is 11.6. The first-order chi connectivity index (χ1) is 8.63. The van der Waals surface area contributed by atoms with Crippen molar-refractivity contribution in [2.24, 2.45) is 0 Å². The lowest BCUT2D eigenvalue weighted by Gasteiger charge is -2.10. The van der Waals surface area contributed by atoms with E-state index >= 15 is 0 Å². The van der Waals surface area contributed by atoms with E-state index in [0.29, 0.717) is 37.2 Å². The number of aliphatic hydroxyl groups is 1. The molecular weight excluding hydrogens is 232 g/mol. The normalized spacial score (nSPS) is 12.1. The van der Waals surface area contributed by atoms with Crippen molar-refractivity contribution in [3.63, 3.8) is 0 Å². The van der Waals surface area contributed by atoms with Gasteiger partial charge in [0.1, 0.15) is 6.23 Å². The number of nitrogens with one attached hydrogen (secondary N) is 1. The van der Waals surface area contributed by atoms with Crippen LogP contribution in [0.2, 0.25) is 0 Å². The first-order valence-corrected chi connectivity index (χ1v) is 6.07. The lowest BCUT2D eigenvalue weighted by Crippen LogP contribution is -2.29. The minimum Gasteiger partial charge on any atom is -0.462 e. The zero-order valence-electron chi connectivity index (χ0n) is 10.6. The quantitative estimate of drug-likeness (QED) is 0.293. The average Bonchev–Trinajstić information content (AvgIpc) is 2.38. The molecule has 0 amide bonds. The van der Waals surface area contributed by atoms with Crippen molar-refractivity contribution in [2.45, 2.75) is 26.0 Å². The van der Waals surface area contributed by atoms with E-state index in [9.17, 15) is 9.90 Å². The molecule has 1 rings (SSSR count). The van der Waals surface area contributed by atoms with Crippen molar-refractivity contribution in [2.75, 3.05) is 18.9 Å². The van der Waals surface area contributed by atoms with Crippen LogP contribution in [0.4, 0.5) is 5.69 Å². The number of nitrogen functional groups attached to an aromatic ring is 1. The fraction of sp³-hybridized carbons (Fsp3) is 0.462. The van der Waals surface area contributed by atoms with Crippen LogP contribution in [-0.2, 0) is 4.74 Å². The lowest BCUT2D eigenvalue weighted by molar-refractivity contribution is 0.0494. The number of hydrogen-bond donors (Lipinski definition) is 3. The van der Waals surface area contributed by atoms with E-state index in [0.717, 1.165) is 0 Å². The van der Waals surface area contributed by atoms with Gasteiger partial charge in [-0.15, -0.1) is 0 Å². The van der Waals surface area contributed by atoms with Crippen LogP contribution in [0.15, 0.2) is 24.3 Å².